The molecule has 0 bridgehead atoms. The number of allylic oxidation sites excluding steroid dienone is 2. The number of rotatable bonds is 3. The molecule has 16 heavy (non-hydrogen) atoms. The number of carbonyl (C=O) groups is 1. The zero-order valence-electron chi connectivity index (χ0n) is 9.73. The van der Waals surface area contributed by atoms with Crippen LogP contribution in [0, 0.1) is 11.3 Å². The molecule has 2 rings (SSSR count). The quantitative estimate of drug-likeness (QED) is 0.556. The molecule has 0 aromatic heterocycles. The van der Waals surface area contributed by atoms with E-state index in [1.54, 1.807) is 0 Å². The van der Waals surface area contributed by atoms with Crippen LogP contribution in [-0.2, 0) is 11.2 Å². The topological polar surface area (TPSA) is 17.1 Å². The van der Waals surface area contributed by atoms with E-state index in [0.29, 0.717) is 5.92 Å². The monoisotopic (exact) mass is 214 g/mol. The van der Waals surface area contributed by atoms with Crippen LogP contribution in [0.2, 0.25) is 0 Å². The summed E-state index contributed by atoms with van der Waals surface area (Å²) in [5, 5.41) is 0. The fraction of sp³-hybridized carbons (Fsp3) is 0.400. The fourth-order valence-corrected chi connectivity index (χ4v) is 2.61. The Bertz CT molecular complexity index is 380. The molecule has 0 radical (unpaired) electrons. The molecule has 0 fully saturated rings. The Morgan fingerprint density at radius 2 is 2.12 bits per heavy atom. The molecule has 0 N–H and O–H groups in total. The van der Waals surface area contributed by atoms with Crippen molar-refractivity contribution in [2.45, 2.75) is 26.2 Å². The Hall–Kier alpha value is -1.37. The van der Waals surface area contributed by atoms with Gasteiger partial charge >= 0.3 is 0 Å². The van der Waals surface area contributed by atoms with Crippen molar-refractivity contribution in [2.24, 2.45) is 11.3 Å². The molecule has 84 valence electrons. The van der Waals surface area contributed by atoms with Gasteiger partial charge in [0, 0.05) is 5.41 Å². The molecule has 2 atom stereocenters. The summed E-state index contributed by atoms with van der Waals surface area (Å²) in [6.07, 6.45) is 8.27. The predicted molar refractivity (Wildman–Crippen MR) is 66.2 cm³/mol. The number of hydrogen-bond acceptors (Lipinski definition) is 1. The third kappa shape index (κ3) is 2.41. The molecule has 0 unspecified atom stereocenters. The van der Waals surface area contributed by atoms with Crippen molar-refractivity contribution < 1.29 is 4.79 Å². The molecule has 0 saturated heterocycles. The van der Waals surface area contributed by atoms with E-state index in [9.17, 15) is 4.79 Å². The van der Waals surface area contributed by atoms with Gasteiger partial charge in [-0.15, -0.1) is 0 Å². The van der Waals surface area contributed by atoms with Gasteiger partial charge in [-0.05, 0) is 30.7 Å². The standard InChI is InChI=1S/C15H18O/c1-13-6-5-9-15(10-13,12-16)11-14-7-3-2-4-8-14/h2-8,12-13H,9-11H2,1H3/t13-,15-/m1/s1. The average molecular weight is 214 g/mol. The van der Waals surface area contributed by atoms with Gasteiger partial charge < -0.3 is 4.79 Å². The molecule has 1 aromatic carbocycles. The predicted octanol–water partition coefficient (Wildman–Crippen LogP) is 3.40. The van der Waals surface area contributed by atoms with E-state index in [-0.39, 0.29) is 5.41 Å². The maximum absolute atomic E-state index is 11.4. The molecule has 0 saturated carbocycles. The van der Waals surface area contributed by atoms with Crippen molar-refractivity contribution in [3.63, 3.8) is 0 Å². The summed E-state index contributed by atoms with van der Waals surface area (Å²) in [6, 6.07) is 10.3. The van der Waals surface area contributed by atoms with Crippen LogP contribution in [0.4, 0.5) is 0 Å². The number of hydrogen-bond donors (Lipinski definition) is 0. The van der Waals surface area contributed by atoms with Crippen molar-refractivity contribution in [3.8, 4) is 0 Å². The van der Waals surface area contributed by atoms with Crippen LogP contribution in [0.15, 0.2) is 42.5 Å². The molecule has 0 heterocycles. The van der Waals surface area contributed by atoms with Gasteiger partial charge in [0.05, 0.1) is 0 Å². The van der Waals surface area contributed by atoms with Crippen LogP contribution in [0.1, 0.15) is 25.3 Å². The van der Waals surface area contributed by atoms with Gasteiger partial charge in [-0.2, -0.15) is 0 Å². The molecular formula is C15H18O. The molecule has 1 heteroatoms. The van der Waals surface area contributed by atoms with Crippen LogP contribution in [0.25, 0.3) is 0 Å². The third-order valence-electron chi connectivity index (χ3n) is 3.37. The largest absolute Gasteiger partial charge is 0.303 e. The van der Waals surface area contributed by atoms with Crippen LogP contribution >= 0.6 is 0 Å². The highest BCUT2D eigenvalue weighted by Gasteiger charge is 2.32. The first-order valence-electron chi connectivity index (χ1n) is 5.91. The lowest BCUT2D eigenvalue weighted by molar-refractivity contribution is -0.117. The number of carbonyl (C=O) groups excluding carboxylic acids is 1. The molecule has 0 spiro atoms. The van der Waals surface area contributed by atoms with E-state index >= 15 is 0 Å². The molecular weight excluding hydrogens is 196 g/mol. The van der Waals surface area contributed by atoms with Crippen molar-refractivity contribution in [3.05, 3.63) is 48.0 Å². The third-order valence-corrected chi connectivity index (χ3v) is 3.37. The first kappa shape index (κ1) is 11.1. The van der Waals surface area contributed by atoms with E-state index in [4.69, 9.17) is 0 Å². The second-order valence-electron chi connectivity index (χ2n) is 4.96. The Labute approximate surface area is 97.2 Å². The summed E-state index contributed by atoms with van der Waals surface area (Å²) in [4.78, 5) is 11.4. The van der Waals surface area contributed by atoms with E-state index in [0.717, 1.165) is 19.3 Å². The van der Waals surface area contributed by atoms with Crippen LogP contribution in [0.3, 0.4) is 0 Å². The minimum Gasteiger partial charge on any atom is -0.303 e. The SMILES string of the molecule is C[C@@H]1C=CC[C@](C=O)(Cc2ccccc2)C1. The summed E-state index contributed by atoms with van der Waals surface area (Å²) in [5.41, 5.74) is 1.09. The van der Waals surface area contributed by atoms with E-state index < -0.39 is 0 Å². The Morgan fingerprint density at radius 3 is 2.75 bits per heavy atom. The maximum Gasteiger partial charge on any atom is 0.126 e. The Kier molecular flexibility index (Phi) is 3.23. The molecule has 0 amide bonds. The van der Waals surface area contributed by atoms with Gasteiger partial charge in [0.15, 0.2) is 0 Å². The highest BCUT2D eigenvalue weighted by molar-refractivity contribution is 5.61. The maximum atomic E-state index is 11.4. The van der Waals surface area contributed by atoms with E-state index in [1.165, 1.54) is 11.8 Å². The Morgan fingerprint density at radius 1 is 1.38 bits per heavy atom. The van der Waals surface area contributed by atoms with Crippen LogP contribution in [0.5, 0.6) is 0 Å². The molecule has 1 aromatic rings. The lowest BCUT2D eigenvalue weighted by Crippen LogP contribution is -2.29. The van der Waals surface area contributed by atoms with Crippen molar-refractivity contribution in [2.75, 3.05) is 0 Å². The van der Waals surface area contributed by atoms with Crippen molar-refractivity contribution in [1.82, 2.24) is 0 Å². The van der Waals surface area contributed by atoms with Crippen LogP contribution < -0.4 is 0 Å². The zero-order valence-corrected chi connectivity index (χ0v) is 9.73. The van der Waals surface area contributed by atoms with Crippen molar-refractivity contribution >= 4 is 6.29 Å². The highest BCUT2D eigenvalue weighted by atomic mass is 16.1. The second-order valence-corrected chi connectivity index (χ2v) is 4.96. The zero-order chi connectivity index (χ0) is 11.4. The minimum absolute atomic E-state index is 0.171. The van der Waals surface area contributed by atoms with Gasteiger partial charge in [-0.25, -0.2) is 0 Å². The minimum atomic E-state index is -0.171. The van der Waals surface area contributed by atoms with Crippen molar-refractivity contribution in [1.29, 1.82) is 0 Å². The lowest BCUT2D eigenvalue weighted by Gasteiger charge is -2.32. The first-order valence-corrected chi connectivity index (χ1v) is 5.91. The van der Waals surface area contributed by atoms with Gasteiger partial charge in [0.2, 0.25) is 0 Å². The number of aldehydes is 1. The molecule has 0 aliphatic heterocycles. The summed E-state index contributed by atoms with van der Waals surface area (Å²) < 4.78 is 0. The van der Waals surface area contributed by atoms with Gasteiger partial charge in [-0.1, -0.05) is 49.4 Å². The molecule has 1 aliphatic rings. The first-order chi connectivity index (χ1) is 7.74. The fourth-order valence-electron chi connectivity index (χ4n) is 2.61. The summed E-state index contributed by atoms with van der Waals surface area (Å²) >= 11 is 0. The highest BCUT2D eigenvalue weighted by Crippen LogP contribution is 2.36. The van der Waals surface area contributed by atoms with E-state index in [2.05, 4.69) is 31.2 Å². The normalized spacial score (nSPS) is 28.9. The molecule has 1 aliphatic carbocycles. The molecule has 1 nitrogen and oxygen atoms in total. The van der Waals surface area contributed by atoms with Crippen LogP contribution in [-0.4, -0.2) is 6.29 Å². The second kappa shape index (κ2) is 4.65. The lowest BCUT2D eigenvalue weighted by atomic mass is 9.71. The summed E-state index contributed by atoms with van der Waals surface area (Å²) in [5.74, 6) is 0.516. The summed E-state index contributed by atoms with van der Waals surface area (Å²) in [6.45, 7) is 2.18. The summed E-state index contributed by atoms with van der Waals surface area (Å²) in [7, 11) is 0. The number of benzene rings is 1. The Balaban J connectivity index is 2.17. The van der Waals surface area contributed by atoms with Gasteiger partial charge in [-0.3, -0.25) is 0 Å². The van der Waals surface area contributed by atoms with E-state index in [1.807, 2.05) is 18.2 Å². The van der Waals surface area contributed by atoms with Gasteiger partial charge in [0.1, 0.15) is 6.29 Å². The van der Waals surface area contributed by atoms with Gasteiger partial charge in [0.25, 0.3) is 0 Å². The average Bonchev–Trinajstić information content (AvgIpc) is 2.30. The smallest absolute Gasteiger partial charge is 0.126 e.